The molecule has 2 aromatic rings. The molecule has 1 aromatic heterocycles. The van der Waals surface area contributed by atoms with E-state index in [1.807, 2.05) is 11.6 Å². The third-order valence-electron chi connectivity index (χ3n) is 2.96. The highest BCUT2D eigenvalue weighted by atomic mass is 19.4. The fourth-order valence-electron chi connectivity index (χ4n) is 1.90. The van der Waals surface area contributed by atoms with Crippen LogP contribution in [0.25, 0.3) is 11.4 Å². The molecule has 0 aliphatic heterocycles. The Morgan fingerprint density at radius 3 is 2.37 bits per heavy atom. The van der Waals surface area contributed by atoms with E-state index in [1.165, 1.54) is 12.1 Å². The summed E-state index contributed by atoms with van der Waals surface area (Å²) < 4.78 is 39.3. The zero-order chi connectivity index (χ0) is 14.0. The third kappa shape index (κ3) is 2.78. The van der Waals surface area contributed by atoms with Crippen molar-refractivity contribution in [3.63, 3.8) is 0 Å². The van der Waals surface area contributed by atoms with Gasteiger partial charge in [-0.15, -0.1) is 0 Å². The van der Waals surface area contributed by atoms with E-state index in [2.05, 4.69) is 4.98 Å². The second-order valence-electron chi connectivity index (χ2n) is 4.25. The zero-order valence-corrected chi connectivity index (χ0v) is 10.4. The van der Waals surface area contributed by atoms with E-state index in [4.69, 9.17) is 5.73 Å². The van der Waals surface area contributed by atoms with Crippen molar-refractivity contribution in [1.29, 1.82) is 0 Å². The average molecular weight is 269 g/mol. The van der Waals surface area contributed by atoms with Gasteiger partial charge in [0.1, 0.15) is 5.82 Å². The fourth-order valence-corrected chi connectivity index (χ4v) is 1.90. The van der Waals surface area contributed by atoms with Crippen molar-refractivity contribution in [2.24, 2.45) is 12.8 Å². The molecule has 0 spiro atoms. The molecule has 1 heterocycles. The Balaban J connectivity index is 2.32. The largest absolute Gasteiger partial charge is 0.416 e. The van der Waals surface area contributed by atoms with Crippen molar-refractivity contribution in [2.75, 3.05) is 6.54 Å². The molecule has 0 saturated heterocycles. The number of benzene rings is 1. The topological polar surface area (TPSA) is 43.8 Å². The molecule has 0 radical (unpaired) electrons. The number of alkyl halides is 3. The summed E-state index contributed by atoms with van der Waals surface area (Å²) in [5, 5.41) is 0. The Kier molecular flexibility index (Phi) is 3.61. The summed E-state index contributed by atoms with van der Waals surface area (Å²) in [5.74, 6) is 0.636. The predicted molar refractivity (Wildman–Crippen MR) is 66.4 cm³/mol. The second kappa shape index (κ2) is 5.05. The average Bonchev–Trinajstić information content (AvgIpc) is 2.71. The molecule has 0 aliphatic carbocycles. The summed E-state index contributed by atoms with van der Waals surface area (Å²) in [6.07, 6.45) is -1.94. The lowest BCUT2D eigenvalue weighted by atomic mass is 10.1. The molecule has 0 amide bonds. The Bertz CT molecular complexity index is 556. The van der Waals surface area contributed by atoms with Gasteiger partial charge in [0, 0.05) is 30.9 Å². The molecule has 0 atom stereocenters. The smallest absolute Gasteiger partial charge is 0.331 e. The second-order valence-corrected chi connectivity index (χ2v) is 4.25. The van der Waals surface area contributed by atoms with Gasteiger partial charge in [-0.1, -0.05) is 12.1 Å². The van der Waals surface area contributed by atoms with Crippen LogP contribution in [0, 0.1) is 0 Å². The van der Waals surface area contributed by atoms with Crippen molar-refractivity contribution >= 4 is 0 Å². The van der Waals surface area contributed by atoms with Crippen LogP contribution < -0.4 is 5.73 Å². The molecule has 6 heteroatoms. The van der Waals surface area contributed by atoms with Crippen LogP contribution in [0.3, 0.4) is 0 Å². The van der Waals surface area contributed by atoms with Crippen molar-refractivity contribution < 1.29 is 13.2 Å². The molecule has 0 fully saturated rings. The Morgan fingerprint density at radius 1 is 1.21 bits per heavy atom. The zero-order valence-electron chi connectivity index (χ0n) is 10.4. The maximum absolute atomic E-state index is 12.5. The van der Waals surface area contributed by atoms with Gasteiger partial charge in [0.2, 0.25) is 0 Å². The first-order valence-electron chi connectivity index (χ1n) is 5.82. The molecule has 3 nitrogen and oxygen atoms in total. The van der Waals surface area contributed by atoms with Crippen molar-refractivity contribution in [3.8, 4) is 11.4 Å². The molecule has 19 heavy (non-hydrogen) atoms. The van der Waals surface area contributed by atoms with E-state index in [-0.39, 0.29) is 0 Å². The highest BCUT2D eigenvalue weighted by Gasteiger charge is 2.30. The highest BCUT2D eigenvalue weighted by molar-refractivity contribution is 5.56. The summed E-state index contributed by atoms with van der Waals surface area (Å²) in [6.45, 7) is 0.506. The number of rotatable bonds is 3. The highest BCUT2D eigenvalue weighted by Crippen LogP contribution is 2.30. The van der Waals surface area contributed by atoms with Gasteiger partial charge in [0.25, 0.3) is 0 Å². The summed E-state index contributed by atoms with van der Waals surface area (Å²) in [5.41, 5.74) is 6.43. The Morgan fingerprint density at radius 2 is 1.84 bits per heavy atom. The van der Waals surface area contributed by atoms with Gasteiger partial charge in [-0.2, -0.15) is 13.2 Å². The normalized spacial score (nSPS) is 11.8. The van der Waals surface area contributed by atoms with Crippen molar-refractivity contribution in [2.45, 2.75) is 12.6 Å². The number of nitrogens with two attached hydrogens (primary N) is 1. The number of hydrogen-bond donors (Lipinski definition) is 1. The van der Waals surface area contributed by atoms with Crippen LogP contribution in [-0.2, 0) is 19.6 Å². The van der Waals surface area contributed by atoms with Gasteiger partial charge in [-0.05, 0) is 18.7 Å². The van der Waals surface area contributed by atoms with E-state index < -0.39 is 11.7 Å². The first kappa shape index (κ1) is 13.6. The molecular formula is C13H14F3N3. The lowest BCUT2D eigenvalue weighted by Crippen LogP contribution is -2.07. The number of halogens is 3. The van der Waals surface area contributed by atoms with Gasteiger partial charge < -0.3 is 10.3 Å². The summed E-state index contributed by atoms with van der Waals surface area (Å²) in [4.78, 5) is 4.22. The first-order chi connectivity index (χ1) is 8.93. The predicted octanol–water partition coefficient (Wildman–Crippen LogP) is 2.61. The van der Waals surface area contributed by atoms with Gasteiger partial charge in [0.15, 0.2) is 0 Å². The minimum atomic E-state index is -4.31. The van der Waals surface area contributed by atoms with E-state index >= 15 is 0 Å². The minimum absolute atomic E-state index is 0.506. The fraction of sp³-hybridized carbons (Fsp3) is 0.308. The summed E-state index contributed by atoms with van der Waals surface area (Å²) in [7, 11) is 1.82. The maximum Gasteiger partial charge on any atom is 0.416 e. The summed E-state index contributed by atoms with van der Waals surface area (Å²) in [6, 6.07) is 4.98. The van der Waals surface area contributed by atoms with Crippen LogP contribution in [-0.4, -0.2) is 16.1 Å². The quantitative estimate of drug-likeness (QED) is 0.930. The van der Waals surface area contributed by atoms with Crippen LogP contribution in [0.2, 0.25) is 0 Å². The van der Waals surface area contributed by atoms with Gasteiger partial charge >= 0.3 is 6.18 Å². The first-order valence-corrected chi connectivity index (χ1v) is 5.82. The molecule has 2 rings (SSSR count). The molecular weight excluding hydrogens is 255 g/mol. The molecule has 0 bridgehead atoms. The van der Waals surface area contributed by atoms with Crippen molar-refractivity contribution in [1.82, 2.24) is 9.55 Å². The van der Waals surface area contributed by atoms with E-state index in [9.17, 15) is 13.2 Å². The van der Waals surface area contributed by atoms with E-state index in [0.29, 0.717) is 24.4 Å². The van der Waals surface area contributed by atoms with Crippen LogP contribution in [0.5, 0.6) is 0 Å². The SMILES string of the molecule is Cn1c(CCN)cnc1-c1ccc(C(F)(F)F)cc1. The number of imidazole rings is 1. The molecule has 102 valence electrons. The number of hydrogen-bond acceptors (Lipinski definition) is 2. The molecule has 1 aromatic carbocycles. The van der Waals surface area contributed by atoms with E-state index in [1.54, 1.807) is 6.20 Å². The standard InChI is InChI=1S/C13H14F3N3/c1-19-11(6-7-17)8-18-12(19)9-2-4-10(5-3-9)13(14,15)16/h2-5,8H,6-7,17H2,1H3. The van der Waals surface area contributed by atoms with Crippen LogP contribution in [0.4, 0.5) is 13.2 Å². The monoisotopic (exact) mass is 269 g/mol. The van der Waals surface area contributed by atoms with Crippen molar-refractivity contribution in [3.05, 3.63) is 41.7 Å². The summed E-state index contributed by atoms with van der Waals surface area (Å²) >= 11 is 0. The van der Waals surface area contributed by atoms with Gasteiger partial charge in [0.05, 0.1) is 5.56 Å². The molecule has 0 aliphatic rings. The van der Waals surface area contributed by atoms with Gasteiger partial charge in [-0.25, -0.2) is 4.98 Å². The molecule has 0 unspecified atom stereocenters. The molecule has 2 N–H and O–H groups in total. The van der Waals surface area contributed by atoms with Crippen LogP contribution in [0.1, 0.15) is 11.3 Å². The van der Waals surface area contributed by atoms with Gasteiger partial charge in [-0.3, -0.25) is 0 Å². The van der Waals surface area contributed by atoms with Crippen LogP contribution in [0.15, 0.2) is 30.5 Å². The van der Waals surface area contributed by atoms with E-state index in [0.717, 1.165) is 17.8 Å². The molecule has 0 saturated carbocycles. The van der Waals surface area contributed by atoms with Crippen LogP contribution >= 0.6 is 0 Å². The number of nitrogens with zero attached hydrogens (tertiary/aromatic N) is 2. The lowest BCUT2D eigenvalue weighted by Gasteiger charge is -2.08. The Hall–Kier alpha value is -1.82. The minimum Gasteiger partial charge on any atom is -0.331 e. The Labute approximate surface area is 108 Å². The number of aromatic nitrogens is 2. The maximum atomic E-state index is 12.5. The lowest BCUT2D eigenvalue weighted by molar-refractivity contribution is -0.137. The third-order valence-corrected chi connectivity index (χ3v) is 2.96.